The van der Waals surface area contributed by atoms with Gasteiger partial charge in [-0.05, 0) is 49.7 Å². The molecule has 0 saturated heterocycles. The van der Waals surface area contributed by atoms with E-state index in [2.05, 4.69) is 0 Å². The average molecular weight is 335 g/mol. The van der Waals surface area contributed by atoms with E-state index in [0.717, 1.165) is 17.2 Å². The summed E-state index contributed by atoms with van der Waals surface area (Å²) >= 11 is 0. The molecule has 1 amide bonds. The first-order valence-electron chi connectivity index (χ1n) is 7.41. The number of halogens is 1. The van der Waals surface area contributed by atoms with Gasteiger partial charge in [0.15, 0.2) is 0 Å². The molecule has 0 aromatic heterocycles. The Bertz CT molecular complexity index is 600. The zero-order chi connectivity index (χ0) is 15.9. The quantitative estimate of drug-likeness (QED) is 0.869. The highest BCUT2D eigenvalue weighted by atomic mass is 35.5. The van der Waals surface area contributed by atoms with Crippen molar-refractivity contribution in [1.82, 2.24) is 0 Å². The number of benzene rings is 2. The van der Waals surface area contributed by atoms with E-state index in [0.29, 0.717) is 12.8 Å². The van der Waals surface area contributed by atoms with Crippen LogP contribution in [0.2, 0.25) is 0 Å². The Morgan fingerprint density at radius 3 is 2.22 bits per heavy atom. The van der Waals surface area contributed by atoms with Crippen molar-refractivity contribution < 1.29 is 9.53 Å². The molecule has 0 fully saturated rings. The highest BCUT2D eigenvalue weighted by Gasteiger charge is 2.11. The molecule has 2 rings (SSSR count). The Morgan fingerprint density at radius 2 is 1.65 bits per heavy atom. The normalized spacial score (nSPS) is 11.3. The number of anilines is 1. The van der Waals surface area contributed by atoms with Crippen LogP contribution < -0.4 is 15.4 Å². The van der Waals surface area contributed by atoms with Gasteiger partial charge in [-0.25, -0.2) is 0 Å². The molecule has 2 N–H and O–H groups in total. The van der Waals surface area contributed by atoms with Crippen molar-refractivity contribution in [3.8, 4) is 11.5 Å². The molecule has 2 aromatic rings. The van der Waals surface area contributed by atoms with Crippen LogP contribution in [0.5, 0.6) is 11.5 Å². The summed E-state index contributed by atoms with van der Waals surface area (Å²) < 4.78 is 5.73. The van der Waals surface area contributed by atoms with Crippen molar-refractivity contribution in [2.24, 2.45) is 5.73 Å². The number of ether oxygens (including phenoxy) is 1. The standard InChI is InChI=1S/C18H22N2O2.ClH/c1-14(19)8-13-18(21)20(2)15-9-11-17(12-10-15)22-16-6-4-3-5-7-16;/h3-7,9-12,14H,8,13,19H2,1-2H3;1H. The molecule has 0 aliphatic heterocycles. The summed E-state index contributed by atoms with van der Waals surface area (Å²) in [4.78, 5) is 13.7. The van der Waals surface area contributed by atoms with E-state index in [-0.39, 0.29) is 24.4 Å². The molecule has 0 aliphatic carbocycles. The van der Waals surface area contributed by atoms with Gasteiger partial charge in [-0.15, -0.1) is 12.4 Å². The van der Waals surface area contributed by atoms with Gasteiger partial charge in [0.1, 0.15) is 11.5 Å². The molecule has 1 atom stereocenters. The van der Waals surface area contributed by atoms with Gasteiger partial charge in [-0.2, -0.15) is 0 Å². The van der Waals surface area contributed by atoms with E-state index in [9.17, 15) is 4.79 Å². The highest BCUT2D eigenvalue weighted by molar-refractivity contribution is 5.92. The smallest absolute Gasteiger partial charge is 0.226 e. The van der Waals surface area contributed by atoms with Crippen LogP contribution in [0.25, 0.3) is 0 Å². The Labute approximate surface area is 143 Å². The molecule has 0 radical (unpaired) electrons. The molecule has 2 aromatic carbocycles. The molecule has 0 saturated carbocycles. The number of para-hydroxylation sites is 1. The van der Waals surface area contributed by atoms with Gasteiger partial charge in [-0.1, -0.05) is 18.2 Å². The van der Waals surface area contributed by atoms with Gasteiger partial charge in [-0.3, -0.25) is 4.79 Å². The summed E-state index contributed by atoms with van der Waals surface area (Å²) in [6, 6.07) is 17.1. The van der Waals surface area contributed by atoms with Crippen LogP contribution in [-0.4, -0.2) is 19.0 Å². The number of hydrogen-bond donors (Lipinski definition) is 1. The molecule has 23 heavy (non-hydrogen) atoms. The van der Waals surface area contributed by atoms with Crippen molar-refractivity contribution in [3.05, 3.63) is 54.6 Å². The second kappa shape index (κ2) is 9.18. The van der Waals surface area contributed by atoms with Gasteiger partial charge in [0.05, 0.1) is 0 Å². The second-order valence-electron chi connectivity index (χ2n) is 5.38. The molecule has 5 heteroatoms. The third kappa shape index (κ3) is 5.93. The molecular formula is C18H23ClN2O2. The second-order valence-corrected chi connectivity index (χ2v) is 5.38. The number of amides is 1. The number of carbonyl (C=O) groups is 1. The van der Waals surface area contributed by atoms with Gasteiger partial charge in [0, 0.05) is 25.2 Å². The van der Waals surface area contributed by atoms with Crippen LogP contribution in [0.15, 0.2) is 54.6 Å². The lowest BCUT2D eigenvalue weighted by Gasteiger charge is -2.18. The number of nitrogens with zero attached hydrogens (tertiary/aromatic N) is 1. The molecule has 124 valence electrons. The van der Waals surface area contributed by atoms with Crippen molar-refractivity contribution in [3.63, 3.8) is 0 Å². The fourth-order valence-corrected chi connectivity index (χ4v) is 2.03. The lowest BCUT2D eigenvalue weighted by atomic mass is 10.2. The van der Waals surface area contributed by atoms with Gasteiger partial charge in [0.25, 0.3) is 0 Å². The van der Waals surface area contributed by atoms with E-state index in [1.165, 1.54) is 0 Å². The maximum absolute atomic E-state index is 12.1. The van der Waals surface area contributed by atoms with E-state index in [1.54, 1.807) is 11.9 Å². The summed E-state index contributed by atoms with van der Waals surface area (Å²) in [5, 5.41) is 0. The monoisotopic (exact) mass is 334 g/mol. The maximum atomic E-state index is 12.1. The Balaban J connectivity index is 0.00000264. The topological polar surface area (TPSA) is 55.6 Å². The van der Waals surface area contributed by atoms with Crippen LogP contribution >= 0.6 is 12.4 Å². The van der Waals surface area contributed by atoms with Gasteiger partial charge in [0.2, 0.25) is 5.91 Å². The van der Waals surface area contributed by atoms with Crippen molar-refractivity contribution in [2.45, 2.75) is 25.8 Å². The van der Waals surface area contributed by atoms with Gasteiger partial charge >= 0.3 is 0 Å². The van der Waals surface area contributed by atoms with Crippen LogP contribution in [0, 0.1) is 0 Å². The van der Waals surface area contributed by atoms with Crippen LogP contribution in [0.4, 0.5) is 5.69 Å². The predicted molar refractivity (Wildman–Crippen MR) is 96.5 cm³/mol. The highest BCUT2D eigenvalue weighted by Crippen LogP contribution is 2.24. The molecule has 1 unspecified atom stereocenters. The minimum atomic E-state index is 0. The van der Waals surface area contributed by atoms with E-state index in [1.807, 2.05) is 61.5 Å². The van der Waals surface area contributed by atoms with Gasteiger partial charge < -0.3 is 15.4 Å². The van der Waals surface area contributed by atoms with E-state index >= 15 is 0 Å². The SMILES string of the molecule is CC(N)CCC(=O)N(C)c1ccc(Oc2ccccc2)cc1.Cl. The largest absolute Gasteiger partial charge is 0.457 e. The van der Waals surface area contributed by atoms with Crippen molar-refractivity contribution in [1.29, 1.82) is 0 Å². The first-order chi connectivity index (χ1) is 10.6. The molecule has 0 bridgehead atoms. The maximum Gasteiger partial charge on any atom is 0.226 e. The van der Waals surface area contributed by atoms with Crippen LogP contribution in [0.1, 0.15) is 19.8 Å². The third-order valence-electron chi connectivity index (χ3n) is 3.39. The van der Waals surface area contributed by atoms with E-state index in [4.69, 9.17) is 10.5 Å². The molecule has 4 nitrogen and oxygen atoms in total. The number of hydrogen-bond acceptors (Lipinski definition) is 3. The first-order valence-corrected chi connectivity index (χ1v) is 7.41. The first kappa shape index (κ1) is 19.0. The molecule has 0 heterocycles. The minimum absolute atomic E-state index is 0. The summed E-state index contributed by atoms with van der Waals surface area (Å²) in [6.07, 6.45) is 1.15. The minimum Gasteiger partial charge on any atom is -0.457 e. The fraction of sp³-hybridized carbons (Fsp3) is 0.278. The van der Waals surface area contributed by atoms with E-state index < -0.39 is 0 Å². The molecule has 0 spiro atoms. The lowest BCUT2D eigenvalue weighted by Crippen LogP contribution is -2.28. The van der Waals surface area contributed by atoms with Crippen molar-refractivity contribution >= 4 is 24.0 Å². The lowest BCUT2D eigenvalue weighted by molar-refractivity contribution is -0.118. The fourth-order valence-electron chi connectivity index (χ4n) is 2.03. The number of nitrogens with two attached hydrogens (primary N) is 1. The number of carbonyl (C=O) groups excluding carboxylic acids is 1. The van der Waals surface area contributed by atoms with Crippen LogP contribution in [-0.2, 0) is 4.79 Å². The average Bonchev–Trinajstić information content (AvgIpc) is 2.53. The summed E-state index contributed by atoms with van der Waals surface area (Å²) in [6.45, 7) is 1.91. The Kier molecular flexibility index (Phi) is 7.59. The Hall–Kier alpha value is -2.04. The van der Waals surface area contributed by atoms with Crippen molar-refractivity contribution in [2.75, 3.05) is 11.9 Å². The predicted octanol–water partition coefficient (Wildman–Crippen LogP) is 3.99. The zero-order valence-electron chi connectivity index (χ0n) is 13.4. The Morgan fingerprint density at radius 1 is 1.09 bits per heavy atom. The zero-order valence-corrected chi connectivity index (χ0v) is 14.3. The third-order valence-corrected chi connectivity index (χ3v) is 3.39. The van der Waals surface area contributed by atoms with Crippen LogP contribution in [0.3, 0.4) is 0 Å². The summed E-state index contributed by atoms with van der Waals surface area (Å²) in [5.74, 6) is 1.59. The summed E-state index contributed by atoms with van der Waals surface area (Å²) in [7, 11) is 1.77. The molecule has 0 aliphatic rings. The molecular weight excluding hydrogens is 312 g/mol. The summed E-state index contributed by atoms with van der Waals surface area (Å²) in [5.41, 5.74) is 6.53. The number of rotatable bonds is 6.